The maximum absolute atomic E-state index is 13.2. The molecule has 326 valence electrons. The van der Waals surface area contributed by atoms with Crippen LogP contribution in [-0.2, 0) is 28.8 Å². The molecule has 1 saturated heterocycles. The fraction of sp³-hybridized carbons (Fsp3) is 0.294. The first-order valence-electron chi connectivity index (χ1n) is 21.7. The van der Waals surface area contributed by atoms with E-state index < -0.39 is 6.09 Å². The van der Waals surface area contributed by atoms with Crippen LogP contribution >= 0.6 is 0 Å². The highest BCUT2D eigenvalue weighted by Crippen LogP contribution is 2.28. The molecule has 1 aliphatic rings. The third-order valence-corrected chi connectivity index (χ3v) is 11.7. The summed E-state index contributed by atoms with van der Waals surface area (Å²) in [6.07, 6.45) is 3.36. The molecule has 0 saturated carbocycles. The summed E-state index contributed by atoms with van der Waals surface area (Å²) in [5.74, 6) is -0.119. The van der Waals surface area contributed by atoms with E-state index in [1.165, 1.54) is 11.6 Å². The molecular formula is C51H56N6O6. The third kappa shape index (κ3) is 12.2. The molecule has 7 rings (SSSR count). The van der Waals surface area contributed by atoms with Gasteiger partial charge in [-0.1, -0.05) is 78.9 Å². The van der Waals surface area contributed by atoms with Gasteiger partial charge in [-0.2, -0.15) is 0 Å². The molecule has 0 unspecified atom stereocenters. The van der Waals surface area contributed by atoms with Crippen LogP contribution in [0.2, 0.25) is 0 Å². The van der Waals surface area contributed by atoms with Crippen molar-refractivity contribution in [1.82, 2.24) is 20.5 Å². The fourth-order valence-electron chi connectivity index (χ4n) is 8.13. The van der Waals surface area contributed by atoms with Crippen LogP contribution in [0.25, 0.3) is 22.0 Å². The van der Waals surface area contributed by atoms with Crippen LogP contribution in [0.15, 0.2) is 132 Å². The van der Waals surface area contributed by atoms with Crippen molar-refractivity contribution in [3.05, 3.63) is 160 Å². The molecule has 2 heterocycles. The van der Waals surface area contributed by atoms with E-state index in [1.54, 1.807) is 48.3 Å². The van der Waals surface area contributed by atoms with E-state index in [0.717, 1.165) is 65.8 Å². The van der Waals surface area contributed by atoms with E-state index in [1.807, 2.05) is 66.7 Å². The Kier molecular flexibility index (Phi) is 15.0. The molecule has 0 aliphatic carbocycles. The van der Waals surface area contributed by atoms with Crippen LogP contribution < -0.4 is 26.4 Å². The molecule has 1 atom stereocenters. The van der Waals surface area contributed by atoms with Gasteiger partial charge in [-0.05, 0) is 110 Å². The van der Waals surface area contributed by atoms with Gasteiger partial charge in [-0.15, -0.1) is 0 Å². The average molecular weight is 849 g/mol. The second-order valence-electron chi connectivity index (χ2n) is 16.2. The largest absolute Gasteiger partial charge is 0.506 e. The molecule has 5 aromatic carbocycles. The molecule has 0 radical (unpaired) electrons. The molecule has 3 amide bonds. The Morgan fingerprint density at radius 1 is 0.841 bits per heavy atom. The van der Waals surface area contributed by atoms with E-state index >= 15 is 0 Å². The summed E-state index contributed by atoms with van der Waals surface area (Å²) in [7, 11) is 1.75. The number of fused-ring (bicyclic) bond motifs is 1. The van der Waals surface area contributed by atoms with E-state index in [9.17, 15) is 24.3 Å². The van der Waals surface area contributed by atoms with Crippen LogP contribution in [0, 0.1) is 0 Å². The van der Waals surface area contributed by atoms with E-state index in [2.05, 4.69) is 51.0 Å². The number of phenolic OH excluding ortho intramolecular Hbond substituents is 1. The molecule has 12 nitrogen and oxygen atoms in total. The number of amides is 3. The van der Waals surface area contributed by atoms with Crippen molar-refractivity contribution >= 4 is 40.2 Å². The number of H-pyrrole nitrogens is 1. The first kappa shape index (κ1) is 44.3. The molecule has 1 fully saturated rings. The van der Waals surface area contributed by atoms with Gasteiger partial charge < -0.3 is 35.3 Å². The Balaban J connectivity index is 0.784. The molecule has 6 aromatic rings. The number of rotatable bonds is 17. The van der Waals surface area contributed by atoms with E-state index in [0.29, 0.717) is 55.5 Å². The number of carbonyl (C=O) groups is 3. The van der Waals surface area contributed by atoms with Gasteiger partial charge >= 0.3 is 6.09 Å². The minimum atomic E-state index is -0.466. The average Bonchev–Trinajstić information content (AvgIpc) is 3.30. The molecule has 0 spiro atoms. The highest BCUT2D eigenvalue weighted by atomic mass is 16.6. The quantitative estimate of drug-likeness (QED) is 0.0626. The Bertz CT molecular complexity index is 2550. The Morgan fingerprint density at radius 3 is 2.38 bits per heavy atom. The summed E-state index contributed by atoms with van der Waals surface area (Å²) >= 11 is 0. The topological polar surface area (TPSA) is 156 Å². The van der Waals surface area contributed by atoms with E-state index in [-0.39, 0.29) is 35.3 Å². The van der Waals surface area contributed by atoms with Gasteiger partial charge in [0.15, 0.2) is 0 Å². The Morgan fingerprint density at radius 2 is 1.59 bits per heavy atom. The van der Waals surface area contributed by atoms with Crippen LogP contribution in [0.4, 0.5) is 16.2 Å². The van der Waals surface area contributed by atoms with Gasteiger partial charge in [-0.3, -0.25) is 19.7 Å². The van der Waals surface area contributed by atoms with Crippen LogP contribution in [-0.4, -0.2) is 84.8 Å². The number of nitrogens with zero attached hydrogens (tertiary/aromatic N) is 2. The summed E-state index contributed by atoms with van der Waals surface area (Å²) in [5, 5.41) is 20.5. The number of aromatic hydroxyl groups is 1. The van der Waals surface area contributed by atoms with E-state index in [4.69, 9.17) is 4.74 Å². The van der Waals surface area contributed by atoms with Gasteiger partial charge in [0.25, 0.3) is 5.91 Å². The number of aromatic amines is 1. The minimum Gasteiger partial charge on any atom is -0.506 e. The minimum absolute atomic E-state index is 0.0168. The number of carbonyl (C=O) groups excluding carboxylic acids is 3. The zero-order chi connectivity index (χ0) is 44.1. The number of nitrogens with one attached hydrogen (secondary N) is 4. The molecule has 5 N–H and O–H groups in total. The molecule has 0 bridgehead atoms. The highest BCUT2D eigenvalue weighted by Gasteiger charge is 2.24. The van der Waals surface area contributed by atoms with Crippen molar-refractivity contribution in [3.63, 3.8) is 0 Å². The zero-order valence-electron chi connectivity index (χ0n) is 35.9. The smallest absolute Gasteiger partial charge is 0.411 e. The molecule has 63 heavy (non-hydrogen) atoms. The number of ether oxygens (including phenoxy) is 1. The number of benzene rings is 5. The van der Waals surface area contributed by atoms with Crippen molar-refractivity contribution in [1.29, 1.82) is 0 Å². The lowest BCUT2D eigenvalue weighted by atomic mass is 10.0. The monoisotopic (exact) mass is 848 g/mol. The number of phenols is 1. The predicted octanol–water partition coefficient (Wildman–Crippen LogP) is 7.70. The van der Waals surface area contributed by atoms with Crippen molar-refractivity contribution in [3.8, 4) is 16.9 Å². The molecule has 12 heteroatoms. The highest BCUT2D eigenvalue weighted by molar-refractivity contribution is 5.96. The first-order valence-corrected chi connectivity index (χ1v) is 21.7. The summed E-state index contributed by atoms with van der Waals surface area (Å²) in [6.45, 7) is 5.46. The summed E-state index contributed by atoms with van der Waals surface area (Å²) in [5.41, 5.74) is 7.51. The number of hydrogen-bond donors (Lipinski definition) is 5. The van der Waals surface area contributed by atoms with Crippen molar-refractivity contribution in [2.24, 2.45) is 0 Å². The van der Waals surface area contributed by atoms with Crippen molar-refractivity contribution in [2.45, 2.75) is 57.6 Å². The first-order chi connectivity index (χ1) is 30.6. The number of aromatic nitrogens is 1. The van der Waals surface area contributed by atoms with Crippen LogP contribution in [0.3, 0.4) is 0 Å². The van der Waals surface area contributed by atoms with Crippen molar-refractivity contribution in [2.75, 3.05) is 50.0 Å². The number of para-hydroxylation sites is 1. The number of likely N-dealkylation sites (tertiary alicyclic amines) is 1. The number of anilines is 2. The second kappa shape index (κ2) is 21.4. The lowest BCUT2D eigenvalue weighted by Gasteiger charge is -2.31. The van der Waals surface area contributed by atoms with Gasteiger partial charge in [0.1, 0.15) is 11.9 Å². The predicted molar refractivity (Wildman–Crippen MR) is 249 cm³/mol. The van der Waals surface area contributed by atoms with Gasteiger partial charge in [0.05, 0.1) is 11.2 Å². The molecule has 1 aliphatic heterocycles. The van der Waals surface area contributed by atoms with Gasteiger partial charge in [0.2, 0.25) is 11.5 Å². The zero-order valence-corrected chi connectivity index (χ0v) is 35.9. The number of piperidine rings is 1. The molecule has 1 aromatic heterocycles. The van der Waals surface area contributed by atoms with Crippen LogP contribution in [0.5, 0.6) is 5.75 Å². The van der Waals surface area contributed by atoms with Gasteiger partial charge in [-0.25, -0.2) is 4.79 Å². The second-order valence-corrected chi connectivity index (χ2v) is 16.2. The Labute approximate surface area is 368 Å². The SMILES string of the molecule is C[C@@H](Cc1cccc(CCNC(=O)c2ccc(N(C)C(=O)CCN3CCC(OC(=O)Nc4ccccc4-c4ccccc4)CC3)cc2)c1)NCCc1ccc(O)c2[nH]c(=O)ccc12. The Hall–Kier alpha value is -6.76. The maximum atomic E-state index is 13.2. The maximum Gasteiger partial charge on any atom is 0.411 e. The molecular weight excluding hydrogens is 793 g/mol. The fourth-order valence-corrected chi connectivity index (χ4v) is 8.13. The lowest BCUT2D eigenvalue weighted by molar-refractivity contribution is -0.118. The number of hydrogen-bond acceptors (Lipinski definition) is 8. The van der Waals surface area contributed by atoms with Crippen LogP contribution in [0.1, 0.15) is 53.2 Å². The summed E-state index contributed by atoms with van der Waals surface area (Å²) in [4.78, 5) is 57.3. The lowest BCUT2D eigenvalue weighted by Crippen LogP contribution is -2.40. The third-order valence-electron chi connectivity index (χ3n) is 11.7. The van der Waals surface area contributed by atoms with Crippen molar-refractivity contribution < 1.29 is 24.2 Å². The number of pyridine rings is 1. The normalized spacial score (nSPS) is 13.6. The van der Waals surface area contributed by atoms with Gasteiger partial charge in [0, 0.05) is 74.0 Å². The summed E-state index contributed by atoms with van der Waals surface area (Å²) < 4.78 is 5.78. The standard InChI is InChI=1S/C51H56N6O6/c1-35(52-29-24-39-17-21-46(58)49-44(39)20-22-47(59)55-49)33-37-10-8-9-36(34-37)23-28-53-50(61)40-15-18-41(19-16-40)56(2)48(60)27-32-57-30-25-42(26-31-57)63-51(62)54-45-14-7-6-13-43(45)38-11-4-3-5-12-38/h3-22,34-35,42,52,58H,23-33H2,1-2H3,(H,53,61)(H,54,62)(H,55,59)/t35-/m0/s1. The summed E-state index contributed by atoms with van der Waals surface area (Å²) in [6, 6.07) is 40.1.